The maximum Gasteiger partial charge on any atom is 0.335 e. The number of hydroxylamine groups is 3. The third kappa shape index (κ3) is 1.90. The van der Waals surface area contributed by atoms with Crippen LogP contribution in [0, 0.1) is 10.6 Å². The first kappa shape index (κ1) is 17.1. The SMILES string of the molecule is CC[C@]12CCC[N+]3([O-])CC[C@]4(C(=C(C(=O)OC)C1)Nc1cc(O)ccc14)[C@H]23. The fourth-order valence-electron chi connectivity index (χ4n) is 6.84. The largest absolute Gasteiger partial charge is 0.633 e. The summed E-state index contributed by atoms with van der Waals surface area (Å²) in [5.41, 5.74) is 2.73. The number of carbonyl (C=O) groups is 1. The molecule has 6 heteroatoms. The van der Waals surface area contributed by atoms with Crippen molar-refractivity contribution in [3.8, 4) is 5.75 Å². The molecule has 2 saturated heterocycles. The third-order valence-corrected chi connectivity index (χ3v) is 7.77. The summed E-state index contributed by atoms with van der Waals surface area (Å²) in [6.07, 6.45) is 4.07. The van der Waals surface area contributed by atoms with Crippen LogP contribution >= 0.6 is 0 Å². The van der Waals surface area contributed by atoms with E-state index in [1.807, 2.05) is 6.07 Å². The molecule has 2 N–H and O–H groups in total. The van der Waals surface area contributed by atoms with Crippen LogP contribution < -0.4 is 5.32 Å². The van der Waals surface area contributed by atoms with Crippen LogP contribution in [0.3, 0.4) is 0 Å². The number of esters is 1. The van der Waals surface area contributed by atoms with Crippen molar-refractivity contribution < 1.29 is 19.3 Å². The molecule has 0 saturated carbocycles. The summed E-state index contributed by atoms with van der Waals surface area (Å²) in [4.78, 5) is 12.8. The van der Waals surface area contributed by atoms with Gasteiger partial charge >= 0.3 is 5.97 Å². The topological polar surface area (TPSA) is 81.6 Å². The zero-order valence-corrected chi connectivity index (χ0v) is 15.9. The number of phenols is 1. The molecule has 5 rings (SSSR count). The number of nitrogens with zero attached hydrogens (tertiary/aromatic N) is 1. The van der Waals surface area contributed by atoms with Crippen molar-refractivity contribution in [1.29, 1.82) is 0 Å². The van der Waals surface area contributed by atoms with Crippen LogP contribution in [-0.2, 0) is 14.9 Å². The van der Waals surface area contributed by atoms with Gasteiger partial charge in [-0.1, -0.05) is 13.0 Å². The van der Waals surface area contributed by atoms with Gasteiger partial charge in [0.2, 0.25) is 0 Å². The van der Waals surface area contributed by atoms with Crippen LogP contribution in [0.25, 0.3) is 0 Å². The molecular weight excluding hydrogens is 344 g/mol. The number of nitrogens with one attached hydrogen (secondary N) is 1. The summed E-state index contributed by atoms with van der Waals surface area (Å²) < 4.78 is 4.99. The molecule has 1 aliphatic carbocycles. The van der Waals surface area contributed by atoms with Gasteiger partial charge in [0, 0.05) is 29.3 Å². The second-order valence-corrected chi connectivity index (χ2v) is 8.72. The summed E-state index contributed by atoms with van der Waals surface area (Å²) in [6.45, 7) is 3.39. The first-order chi connectivity index (χ1) is 12.9. The van der Waals surface area contributed by atoms with Crippen LogP contribution in [0.15, 0.2) is 29.5 Å². The molecule has 1 aromatic carbocycles. The Labute approximate surface area is 159 Å². The lowest BCUT2D eigenvalue weighted by atomic mass is 9.53. The van der Waals surface area contributed by atoms with Crippen molar-refractivity contribution in [2.45, 2.75) is 50.5 Å². The molecule has 0 amide bonds. The van der Waals surface area contributed by atoms with E-state index in [1.54, 1.807) is 12.1 Å². The third-order valence-electron chi connectivity index (χ3n) is 7.77. The minimum absolute atomic E-state index is 0.0922. The molecule has 1 aromatic rings. The molecule has 0 radical (unpaired) electrons. The van der Waals surface area contributed by atoms with E-state index in [4.69, 9.17) is 4.74 Å². The highest BCUT2D eigenvalue weighted by Gasteiger charge is 2.71. The van der Waals surface area contributed by atoms with Crippen molar-refractivity contribution in [1.82, 2.24) is 0 Å². The van der Waals surface area contributed by atoms with Crippen LogP contribution in [0.5, 0.6) is 5.75 Å². The molecule has 0 bridgehead atoms. The van der Waals surface area contributed by atoms with E-state index in [0.29, 0.717) is 25.1 Å². The molecule has 3 aliphatic heterocycles. The number of benzene rings is 1. The number of methoxy groups -OCH3 is 1. The Morgan fingerprint density at radius 2 is 2.22 bits per heavy atom. The molecular formula is C21H26N2O4. The van der Waals surface area contributed by atoms with E-state index in [2.05, 4.69) is 12.2 Å². The van der Waals surface area contributed by atoms with E-state index in [9.17, 15) is 15.1 Å². The average Bonchev–Trinajstić information content (AvgIpc) is 3.16. The number of phenolic OH excluding ortho intramolecular Hbond substituents is 1. The van der Waals surface area contributed by atoms with Gasteiger partial charge in [0.05, 0.1) is 31.2 Å². The summed E-state index contributed by atoms with van der Waals surface area (Å²) in [6, 6.07) is 5.25. The van der Waals surface area contributed by atoms with Crippen molar-refractivity contribution in [3.63, 3.8) is 0 Å². The molecule has 2 fully saturated rings. The number of carbonyl (C=O) groups excluding carboxylic acids is 1. The number of quaternary nitrogens is 1. The molecule has 6 nitrogen and oxygen atoms in total. The minimum atomic E-state index is -0.483. The zero-order valence-electron chi connectivity index (χ0n) is 15.9. The van der Waals surface area contributed by atoms with Crippen LogP contribution in [-0.4, -0.2) is 42.0 Å². The van der Waals surface area contributed by atoms with Gasteiger partial charge in [-0.25, -0.2) is 4.79 Å². The lowest BCUT2D eigenvalue weighted by Gasteiger charge is -2.61. The maximum atomic E-state index is 13.9. The Kier molecular flexibility index (Phi) is 3.33. The van der Waals surface area contributed by atoms with E-state index in [0.717, 1.165) is 42.6 Å². The number of anilines is 1. The van der Waals surface area contributed by atoms with Crippen molar-refractivity contribution >= 4 is 11.7 Å². The lowest BCUT2D eigenvalue weighted by Crippen LogP contribution is -2.66. The summed E-state index contributed by atoms with van der Waals surface area (Å²) in [5, 5.41) is 27.4. The lowest BCUT2D eigenvalue weighted by molar-refractivity contribution is -0.909. The number of piperidine rings is 1. The van der Waals surface area contributed by atoms with Crippen molar-refractivity contribution in [3.05, 3.63) is 40.2 Å². The summed E-state index contributed by atoms with van der Waals surface area (Å²) >= 11 is 0. The van der Waals surface area contributed by atoms with Gasteiger partial charge in [-0.05, 0) is 37.3 Å². The monoisotopic (exact) mass is 370 g/mol. The Morgan fingerprint density at radius 1 is 1.41 bits per heavy atom. The second-order valence-electron chi connectivity index (χ2n) is 8.72. The van der Waals surface area contributed by atoms with Crippen LogP contribution in [0.4, 0.5) is 5.69 Å². The van der Waals surface area contributed by atoms with Gasteiger partial charge in [-0.3, -0.25) is 0 Å². The smallest absolute Gasteiger partial charge is 0.335 e. The maximum absolute atomic E-state index is 13.9. The Bertz CT molecular complexity index is 881. The second kappa shape index (κ2) is 5.26. The molecule has 4 aliphatic rings. The van der Waals surface area contributed by atoms with Gasteiger partial charge in [0.15, 0.2) is 0 Å². The van der Waals surface area contributed by atoms with Crippen LogP contribution in [0.2, 0.25) is 0 Å². The van der Waals surface area contributed by atoms with Gasteiger partial charge < -0.3 is 25.0 Å². The highest BCUT2D eigenvalue weighted by atomic mass is 16.6. The molecule has 1 unspecified atom stereocenters. The predicted molar refractivity (Wildman–Crippen MR) is 101 cm³/mol. The number of hydrogen-bond donors (Lipinski definition) is 2. The average molecular weight is 370 g/mol. The van der Waals surface area contributed by atoms with Gasteiger partial charge in [-0.2, -0.15) is 0 Å². The predicted octanol–water partition coefficient (Wildman–Crippen LogP) is 3.16. The van der Waals surface area contributed by atoms with Gasteiger partial charge in [0.25, 0.3) is 0 Å². The van der Waals surface area contributed by atoms with E-state index in [-0.39, 0.29) is 27.8 Å². The first-order valence-corrected chi connectivity index (χ1v) is 9.90. The quantitative estimate of drug-likeness (QED) is 0.475. The molecule has 4 atom stereocenters. The van der Waals surface area contributed by atoms with Gasteiger partial charge in [0.1, 0.15) is 11.8 Å². The molecule has 144 valence electrons. The minimum Gasteiger partial charge on any atom is -0.633 e. The first-order valence-electron chi connectivity index (χ1n) is 9.90. The van der Waals surface area contributed by atoms with Gasteiger partial charge in [-0.15, -0.1) is 0 Å². The van der Waals surface area contributed by atoms with E-state index < -0.39 is 5.41 Å². The number of aromatic hydroxyl groups is 1. The zero-order chi connectivity index (χ0) is 19.0. The number of ether oxygens (including phenoxy) is 1. The molecule has 1 spiro atoms. The highest BCUT2D eigenvalue weighted by molar-refractivity contribution is 5.93. The Balaban J connectivity index is 1.84. The molecule has 3 heterocycles. The molecule has 27 heavy (non-hydrogen) atoms. The normalized spacial score (nSPS) is 38.7. The number of rotatable bonds is 2. The molecule has 0 aromatic heterocycles. The Hall–Kier alpha value is -2.05. The summed E-state index contributed by atoms with van der Waals surface area (Å²) in [5.74, 6) is -0.121. The summed E-state index contributed by atoms with van der Waals surface area (Å²) in [7, 11) is 1.42. The van der Waals surface area contributed by atoms with E-state index >= 15 is 0 Å². The van der Waals surface area contributed by atoms with Crippen molar-refractivity contribution in [2.75, 3.05) is 25.5 Å². The van der Waals surface area contributed by atoms with E-state index in [1.165, 1.54) is 7.11 Å². The van der Waals surface area contributed by atoms with Crippen molar-refractivity contribution in [2.24, 2.45) is 5.41 Å². The van der Waals surface area contributed by atoms with Crippen LogP contribution in [0.1, 0.15) is 44.6 Å². The fraction of sp³-hybridized carbons (Fsp3) is 0.571. The number of fused-ring (bicyclic) bond motifs is 1. The number of hydrogen-bond acceptors (Lipinski definition) is 5. The fourth-order valence-corrected chi connectivity index (χ4v) is 6.84. The Morgan fingerprint density at radius 3 is 2.96 bits per heavy atom. The highest BCUT2D eigenvalue weighted by Crippen LogP contribution is 2.67. The standard InChI is InChI=1S/C21H26N2O4/c1-3-20-7-4-9-23(26)10-8-21(19(20)23)15-6-5-13(24)11-16(15)22-17(21)14(12-20)18(25)27-2/h5-6,11,19,22,24H,3-4,7-10,12H2,1-2H3/t19-,20-,21-,23?/m0/s1.